The Bertz CT molecular complexity index is 179. The topological polar surface area (TPSA) is 15.3 Å². The van der Waals surface area contributed by atoms with Crippen LogP contribution in [0.15, 0.2) is 12.8 Å². The van der Waals surface area contributed by atoms with Gasteiger partial charge in [-0.3, -0.25) is 0 Å². The van der Waals surface area contributed by atoms with Gasteiger partial charge in [-0.1, -0.05) is 13.5 Å². The minimum Gasteiger partial charge on any atom is -0.389 e. The van der Waals surface area contributed by atoms with Crippen LogP contribution in [0.2, 0.25) is 0 Å². The molecule has 3 unspecified atom stereocenters. The number of rotatable bonds is 5. The molecule has 1 aliphatic heterocycles. The quantitative estimate of drug-likeness (QED) is 0.725. The summed E-state index contributed by atoms with van der Waals surface area (Å²) in [6, 6.07) is 1.31. The van der Waals surface area contributed by atoms with Crippen molar-refractivity contribution in [1.29, 1.82) is 0 Å². The number of hydrogen-bond donors (Lipinski definition) is 1. The molecule has 2 nitrogen and oxygen atoms in total. The molecule has 0 aliphatic carbocycles. The van der Waals surface area contributed by atoms with Crippen molar-refractivity contribution in [1.82, 2.24) is 10.2 Å². The van der Waals surface area contributed by atoms with Gasteiger partial charge < -0.3 is 10.2 Å². The summed E-state index contributed by atoms with van der Waals surface area (Å²) in [5.74, 6) is 0.750. The SMILES string of the molecule is C=CNC(C)C(CC)C1CCCN1C. The first-order valence-corrected chi connectivity index (χ1v) is 5.77. The van der Waals surface area contributed by atoms with Gasteiger partial charge in [0.15, 0.2) is 0 Å². The van der Waals surface area contributed by atoms with Crippen molar-refractivity contribution >= 4 is 0 Å². The standard InChI is InChI=1S/C12H24N2/c1-5-11(10(3)13-6-2)12-8-7-9-14(12)4/h6,10-13H,2,5,7-9H2,1,3-4H3. The van der Waals surface area contributed by atoms with E-state index in [9.17, 15) is 0 Å². The van der Waals surface area contributed by atoms with Crippen molar-refractivity contribution < 1.29 is 0 Å². The number of likely N-dealkylation sites (tertiary alicyclic amines) is 1. The highest BCUT2D eigenvalue weighted by Crippen LogP contribution is 2.26. The van der Waals surface area contributed by atoms with E-state index in [1.54, 1.807) is 0 Å². The first kappa shape index (κ1) is 11.6. The average molecular weight is 196 g/mol. The highest BCUT2D eigenvalue weighted by molar-refractivity contribution is 4.89. The summed E-state index contributed by atoms with van der Waals surface area (Å²) in [4.78, 5) is 2.51. The molecule has 0 radical (unpaired) electrons. The van der Waals surface area contributed by atoms with E-state index in [2.05, 4.69) is 37.7 Å². The summed E-state index contributed by atoms with van der Waals surface area (Å²) in [6.45, 7) is 9.56. The van der Waals surface area contributed by atoms with E-state index < -0.39 is 0 Å². The van der Waals surface area contributed by atoms with Crippen LogP contribution in [0.25, 0.3) is 0 Å². The summed E-state index contributed by atoms with van der Waals surface area (Å²) >= 11 is 0. The molecule has 0 spiro atoms. The fraction of sp³-hybridized carbons (Fsp3) is 0.833. The molecule has 1 saturated heterocycles. The second kappa shape index (κ2) is 5.40. The molecule has 0 amide bonds. The Labute approximate surface area is 88.4 Å². The average Bonchev–Trinajstić information content (AvgIpc) is 2.54. The van der Waals surface area contributed by atoms with Crippen LogP contribution >= 0.6 is 0 Å². The Kier molecular flexibility index (Phi) is 4.46. The molecule has 1 rings (SSSR count). The molecule has 0 aromatic carbocycles. The van der Waals surface area contributed by atoms with E-state index in [4.69, 9.17) is 0 Å². The van der Waals surface area contributed by atoms with Crippen molar-refractivity contribution in [2.24, 2.45) is 5.92 Å². The minimum atomic E-state index is 0.544. The molecule has 0 bridgehead atoms. The molecule has 0 aromatic rings. The molecule has 0 aromatic heterocycles. The maximum Gasteiger partial charge on any atom is 0.0270 e. The summed E-state index contributed by atoms with van der Waals surface area (Å²) in [5.41, 5.74) is 0. The van der Waals surface area contributed by atoms with Gasteiger partial charge in [0, 0.05) is 12.1 Å². The van der Waals surface area contributed by atoms with Crippen LogP contribution in [-0.2, 0) is 0 Å². The second-order valence-corrected chi connectivity index (χ2v) is 4.42. The molecule has 82 valence electrons. The molecule has 1 N–H and O–H groups in total. The fourth-order valence-electron chi connectivity index (χ4n) is 2.75. The lowest BCUT2D eigenvalue weighted by molar-refractivity contribution is 0.192. The largest absolute Gasteiger partial charge is 0.389 e. The van der Waals surface area contributed by atoms with Gasteiger partial charge in [0.05, 0.1) is 0 Å². The second-order valence-electron chi connectivity index (χ2n) is 4.42. The zero-order chi connectivity index (χ0) is 10.6. The fourth-order valence-corrected chi connectivity index (χ4v) is 2.75. The third-order valence-corrected chi connectivity index (χ3v) is 3.57. The monoisotopic (exact) mass is 196 g/mol. The van der Waals surface area contributed by atoms with Crippen LogP contribution in [0.3, 0.4) is 0 Å². The molecule has 1 fully saturated rings. The molecule has 1 heterocycles. The maximum absolute atomic E-state index is 3.74. The van der Waals surface area contributed by atoms with Gasteiger partial charge in [-0.15, -0.1) is 0 Å². The van der Waals surface area contributed by atoms with Crippen LogP contribution in [0, 0.1) is 5.92 Å². The maximum atomic E-state index is 3.74. The third-order valence-electron chi connectivity index (χ3n) is 3.57. The predicted octanol–water partition coefficient (Wildman–Crippen LogP) is 2.23. The van der Waals surface area contributed by atoms with Crippen molar-refractivity contribution in [2.75, 3.05) is 13.6 Å². The number of nitrogens with one attached hydrogen (secondary N) is 1. The summed E-state index contributed by atoms with van der Waals surface area (Å²) in [7, 11) is 2.25. The molecular formula is C12H24N2. The van der Waals surface area contributed by atoms with Gasteiger partial charge in [-0.25, -0.2) is 0 Å². The van der Waals surface area contributed by atoms with E-state index in [1.165, 1.54) is 25.8 Å². The van der Waals surface area contributed by atoms with Gasteiger partial charge in [0.25, 0.3) is 0 Å². The highest BCUT2D eigenvalue weighted by atomic mass is 15.2. The van der Waals surface area contributed by atoms with E-state index in [-0.39, 0.29) is 0 Å². The van der Waals surface area contributed by atoms with E-state index >= 15 is 0 Å². The summed E-state index contributed by atoms with van der Waals surface area (Å²) in [5, 5.41) is 3.33. The van der Waals surface area contributed by atoms with Gasteiger partial charge in [-0.05, 0) is 51.9 Å². The van der Waals surface area contributed by atoms with Crippen molar-refractivity contribution in [3.05, 3.63) is 12.8 Å². The van der Waals surface area contributed by atoms with E-state index in [0.717, 1.165) is 12.0 Å². The number of hydrogen-bond acceptors (Lipinski definition) is 2. The lowest BCUT2D eigenvalue weighted by Gasteiger charge is -2.33. The first-order chi connectivity index (χ1) is 6.70. The zero-order valence-electron chi connectivity index (χ0n) is 9.79. The van der Waals surface area contributed by atoms with Crippen molar-refractivity contribution in [3.8, 4) is 0 Å². The van der Waals surface area contributed by atoms with Crippen LogP contribution < -0.4 is 5.32 Å². The minimum absolute atomic E-state index is 0.544. The molecular weight excluding hydrogens is 172 g/mol. The molecule has 3 atom stereocenters. The highest BCUT2D eigenvalue weighted by Gasteiger charge is 2.30. The van der Waals surface area contributed by atoms with Gasteiger partial charge in [-0.2, -0.15) is 0 Å². The summed E-state index contributed by atoms with van der Waals surface area (Å²) in [6.07, 6.45) is 5.79. The third kappa shape index (κ3) is 2.50. The molecule has 1 aliphatic rings. The van der Waals surface area contributed by atoms with Crippen molar-refractivity contribution in [3.63, 3.8) is 0 Å². The van der Waals surface area contributed by atoms with E-state index in [1.807, 2.05) is 6.20 Å². The lowest BCUT2D eigenvalue weighted by Crippen LogP contribution is -2.42. The van der Waals surface area contributed by atoms with Crippen LogP contribution in [-0.4, -0.2) is 30.6 Å². The normalized spacial score (nSPS) is 27.2. The van der Waals surface area contributed by atoms with Gasteiger partial charge in [0.1, 0.15) is 0 Å². The van der Waals surface area contributed by atoms with Crippen molar-refractivity contribution in [2.45, 2.75) is 45.2 Å². The molecule has 0 saturated carbocycles. The number of nitrogens with zero attached hydrogens (tertiary/aromatic N) is 1. The van der Waals surface area contributed by atoms with Crippen LogP contribution in [0.5, 0.6) is 0 Å². The van der Waals surface area contributed by atoms with Gasteiger partial charge >= 0.3 is 0 Å². The Morgan fingerprint density at radius 1 is 1.64 bits per heavy atom. The zero-order valence-corrected chi connectivity index (χ0v) is 9.79. The van der Waals surface area contributed by atoms with Gasteiger partial charge in [0.2, 0.25) is 0 Å². The van der Waals surface area contributed by atoms with Crippen LogP contribution in [0.1, 0.15) is 33.1 Å². The Morgan fingerprint density at radius 3 is 2.79 bits per heavy atom. The molecule has 2 heteroatoms. The molecule has 14 heavy (non-hydrogen) atoms. The first-order valence-electron chi connectivity index (χ1n) is 5.77. The van der Waals surface area contributed by atoms with E-state index in [0.29, 0.717) is 6.04 Å². The Morgan fingerprint density at radius 2 is 2.36 bits per heavy atom. The predicted molar refractivity (Wildman–Crippen MR) is 62.2 cm³/mol. The smallest absolute Gasteiger partial charge is 0.0270 e. The Balaban J connectivity index is 2.55. The summed E-state index contributed by atoms with van der Waals surface area (Å²) < 4.78 is 0. The van der Waals surface area contributed by atoms with Crippen LogP contribution in [0.4, 0.5) is 0 Å². The lowest BCUT2D eigenvalue weighted by atomic mass is 9.88. The Hall–Kier alpha value is -0.500.